The highest BCUT2D eigenvalue weighted by Gasteiger charge is 2.22. The minimum Gasteiger partial charge on any atom is -0.371 e. The Kier molecular flexibility index (Phi) is 3.17. The summed E-state index contributed by atoms with van der Waals surface area (Å²) < 4.78 is 0. The van der Waals surface area contributed by atoms with Crippen LogP contribution in [0, 0.1) is 0 Å². The standard InChI is InChI=1S/C14H16N4/c1-2-12(14-5-8-16-11-17-14)10-18(9-1)13-3-6-15-7-4-13/h3-8,11-12H,1-2,9-10H2/t12-/m0/s1. The van der Waals surface area contributed by atoms with Gasteiger partial charge in [0, 0.05) is 49.0 Å². The van der Waals surface area contributed by atoms with E-state index in [1.165, 1.54) is 18.5 Å². The number of hydrogen-bond acceptors (Lipinski definition) is 4. The molecule has 3 heterocycles. The Labute approximate surface area is 107 Å². The lowest BCUT2D eigenvalue weighted by molar-refractivity contribution is 0.501. The highest BCUT2D eigenvalue weighted by atomic mass is 15.1. The molecule has 0 aromatic carbocycles. The van der Waals surface area contributed by atoms with Gasteiger partial charge in [-0.05, 0) is 31.0 Å². The Hall–Kier alpha value is -1.97. The second kappa shape index (κ2) is 5.12. The van der Waals surface area contributed by atoms with Gasteiger partial charge < -0.3 is 4.90 Å². The van der Waals surface area contributed by atoms with E-state index in [2.05, 4.69) is 32.0 Å². The Bertz CT molecular complexity index is 440. The van der Waals surface area contributed by atoms with Crippen molar-refractivity contribution >= 4 is 5.69 Å². The van der Waals surface area contributed by atoms with Crippen LogP contribution in [0.25, 0.3) is 0 Å². The van der Waals surface area contributed by atoms with Crippen molar-refractivity contribution in [2.45, 2.75) is 18.8 Å². The van der Waals surface area contributed by atoms with Crippen molar-refractivity contribution in [2.75, 3.05) is 18.0 Å². The summed E-state index contributed by atoms with van der Waals surface area (Å²) in [5, 5.41) is 0. The molecule has 2 aromatic rings. The highest BCUT2D eigenvalue weighted by molar-refractivity contribution is 5.45. The largest absolute Gasteiger partial charge is 0.371 e. The molecule has 0 bridgehead atoms. The summed E-state index contributed by atoms with van der Waals surface area (Å²) in [5.74, 6) is 0.509. The van der Waals surface area contributed by atoms with E-state index in [1.54, 1.807) is 6.33 Å². The van der Waals surface area contributed by atoms with Crippen LogP contribution < -0.4 is 4.90 Å². The number of pyridine rings is 1. The van der Waals surface area contributed by atoms with E-state index in [1.807, 2.05) is 24.7 Å². The molecular formula is C14H16N4. The summed E-state index contributed by atoms with van der Waals surface area (Å²) in [6, 6.07) is 6.17. The third kappa shape index (κ3) is 2.32. The van der Waals surface area contributed by atoms with E-state index in [4.69, 9.17) is 0 Å². The lowest BCUT2D eigenvalue weighted by atomic mass is 9.94. The maximum Gasteiger partial charge on any atom is 0.115 e. The fourth-order valence-corrected chi connectivity index (χ4v) is 2.55. The molecule has 1 aliphatic rings. The highest BCUT2D eigenvalue weighted by Crippen LogP contribution is 2.28. The molecule has 1 atom stereocenters. The molecule has 0 radical (unpaired) electrons. The van der Waals surface area contributed by atoms with Crippen molar-refractivity contribution in [3.05, 3.63) is 48.8 Å². The minimum absolute atomic E-state index is 0.509. The average Bonchev–Trinajstić information content (AvgIpc) is 2.49. The molecule has 18 heavy (non-hydrogen) atoms. The molecule has 0 amide bonds. The fourth-order valence-electron chi connectivity index (χ4n) is 2.55. The summed E-state index contributed by atoms with van der Waals surface area (Å²) >= 11 is 0. The van der Waals surface area contributed by atoms with Crippen LogP contribution >= 0.6 is 0 Å². The molecule has 4 heteroatoms. The number of hydrogen-bond donors (Lipinski definition) is 0. The molecule has 0 spiro atoms. The van der Waals surface area contributed by atoms with Crippen LogP contribution in [-0.2, 0) is 0 Å². The van der Waals surface area contributed by atoms with Gasteiger partial charge in [0.1, 0.15) is 6.33 Å². The Morgan fingerprint density at radius 1 is 1.06 bits per heavy atom. The van der Waals surface area contributed by atoms with Crippen molar-refractivity contribution in [1.29, 1.82) is 0 Å². The predicted octanol–water partition coefficient (Wildman–Crippen LogP) is 2.26. The van der Waals surface area contributed by atoms with Crippen molar-refractivity contribution in [2.24, 2.45) is 0 Å². The Morgan fingerprint density at radius 2 is 1.89 bits per heavy atom. The summed E-state index contributed by atoms with van der Waals surface area (Å²) in [6.07, 6.45) is 9.58. The second-order valence-electron chi connectivity index (χ2n) is 4.62. The number of aromatic nitrogens is 3. The number of nitrogens with zero attached hydrogens (tertiary/aromatic N) is 4. The van der Waals surface area contributed by atoms with Crippen molar-refractivity contribution in [3.63, 3.8) is 0 Å². The van der Waals surface area contributed by atoms with Gasteiger partial charge in [-0.3, -0.25) is 4.98 Å². The summed E-state index contributed by atoms with van der Waals surface area (Å²) in [4.78, 5) is 14.8. The zero-order valence-electron chi connectivity index (χ0n) is 10.2. The van der Waals surface area contributed by atoms with E-state index >= 15 is 0 Å². The molecule has 0 aliphatic carbocycles. The molecule has 0 saturated carbocycles. The minimum atomic E-state index is 0.509. The van der Waals surface area contributed by atoms with E-state index < -0.39 is 0 Å². The Balaban J connectivity index is 1.77. The monoisotopic (exact) mass is 240 g/mol. The fraction of sp³-hybridized carbons (Fsp3) is 0.357. The molecule has 0 unspecified atom stereocenters. The lowest BCUT2D eigenvalue weighted by Gasteiger charge is -2.34. The molecule has 1 aliphatic heterocycles. The Morgan fingerprint density at radius 3 is 2.67 bits per heavy atom. The van der Waals surface area contributed by atoms with Crippen molar-refractivity contribution < 1.29 is 0 Å². The zero-order chi connectivity index (χ0) is 12.2. The van der Waals surface area contributed by atoms with Crippen LogP contribution in [0.5, 0.6) is 0 Å². The third-order valence-corrected chi connectivity index (χ3v) is 3.47. The van der Waals surface area contributed by atoms with Crippen LogP contribution in [0.2, 0.25) is 0 Å². The first-order valence-corrected chi connectivity index (χ1v) is 6.34. The maximum atomic E-state index is 4.38. The summed E-state index contributed by atoms with van der Waals surface area (Å²) in [6.45, 7) is 2.15. The second-order valence-corrected chi connectivity index (χ2v) is 4.62. The molecular weight excluding hydrogens is 224 g/mol. The van der Waals surface area contributed by atoms with Crippen LogP contribution in [0.4, 0.5) is 5.69 Å². The SMILES string of the molecule is c1cc(N2CCC[C@H](c3ccncn3)C2)ccn1. The van der Waals surface area contributed by atoms with Crippen molar-refractivity contribution in [1.82, 2.24) is 15.0 Å². The molecule has 4 nitrogen and oxygen atoms in total. The van der Waals surface area contributed by atoms with Crippen molar-refractivity contribution in [3.8, 4) is 0 Å². The normalized spacial score (nSPS) is 19.8. The first-order valence-electron chi connectivity index (χ1n) is 6.34. The van der Waals surface area contributed by atoms with Gasteiger partial charge in [0.15, 0.2) is 0 Å². The van der Waals surface area contributed by atoms with Crippen LogP contribution in [0.3, 0.4) is 0 Å². The van der Waals surface area contributed by atoms with E-state index in [9.17, 15) is 0 Å². The molecule has 0 N–H and O–H groups in total. The number of piperidine rings is 1. The van der Waals surface area contributed by atoms with Gasteiger partial charge in [-0.15, -0.1) is 0 Å². The summed E-state index contributed by atoms with van der Waals surface area (Å²) in [7, 11) is 0. The van der Waals surface area contributed by atoms with Gasteiger partial charge in [-0.2, -0.15) is 0 Å². The first-order chi connectivity index (χ1) is 8.93. The number of anilines is 1. The average molecular weight is 240 g/mol. The van der Waals surface area contributed by atoms with E-state index in [-0.39, 0.29) is 0 Å². The van der Waals surface area contributed by atoms with Crippen LogP contribution in [0.1, 0.15) is 24.5 Å². The van der Waals surface area contributed by atoms with E-state index in [0.29, 0.717) is 5.92 Å². The molecule has 92 valence electrons. The van der Waals surface area contributed by atoms with Crippen LogP contribution in [-0.4, -0.2) is 28.0 Å². The molecule has 1 fully saturated rings. The molecule has 3 rings (SSSR count). The zero-order valence-corrected chi connectivity index (χ0v) is 10.2. The van der Waals surface area contributed by atoms with Gasteiger partial charge in [0.05, 0.1) is 0 Å². The van der Waals surface area contributed by atoms with E-state index in [0.717, 1.165) is 18.8 Å². The quantitative estimate of drug-likeness (QED) is 0.807. The third-order valence-electron chi connectivity index (χ3n) is 3.47. The van der Waals surface area contributed by atoms with Crippen LogP contribution in [0.15, 0.2) is 43.1 Å². The molecule has 2 aromatic heterocycles. The molecule has 1 saturated heterocycles. The van der Waals surface area contributed by atoms with Gasteiger partial charge in [-0.1, -0.05) is 0 Å². The van der Waals surface area contributed by atoms with Gasteiger partial charge in [-0.25, -0.2) is 9.97 Å². The topological polar surface area (TPSA) is 41.9 Å². The van der Waals surface area contributed by atoms with Gasteiger partial charge in [0.2, 0.25) is 0 Å². The van der Waals surface area contributed by atoms with Gasteiger partial charge in [0.25, 0.3) is 0 Å². The summed E-state index contributed by atoms with van der Waals surface area (Å²) in [5.41, 5.74) is 2.41. The number of rotatable bonds is 2. The predicted molar refractivity (Wildman–Crippen MR) is 70.5 cm³/mol. The lowest BCUT2D eigenvalue weighted by Crippen LogP contribution is -2.34. The van der Waals surface area contributed by atoms with Gasteiger partial charge >= 0.3 is 0 Å². The maximum absolute atomic E-state index is 4.38. The first kappa shape index (κ1) is 11.1. The smallest absolute Gasteiger partial charge is 0.115 e.